The van der Waals surface area contributed by atoms with Crippen molar-refractivity contribution in [2.24, 2.45) is 11.5 Å². The number of benzene rings is 2. The van der Waals surface area contributed by atoms with Crippen molar-refractivity contribution in [3.63, 3.8) is 0 Å². The number of para-hydroxylation sites is 1. The van der Waals surface area contributed by atoms with Crippen molar-refractivity contribution in [3.05, 3.63) is 65.5 Å². The van der Waals surface area contributed by atoms with Crippen LogP contribution < -0.4 is 43.8 Å². The topological polar surface area (TPSA) is 295 Å². The van der Waals surface area contributed by atoms with E-state index in [1.54, 1.807) is 6.92 Å². The SMILES string of the molecule is CCCCc1nc2c(N)nc3ccccc3c2n1Cc1ccc(CNC(=O)C(CC)NC(=O)C(CO)NC(=O)C(CCCCN)NC(=O)C(CO)NC)cc1.NCCC=O. The highest BCUT2D eigenvalue weighted by atomic mass is 16.3. The number of imidazole rings is 1. The molecular weight excluding hydrogens is 771 g/mol. The minimum absolute atomic E-state index is 0.208. The second-order valence-corrected chi connectivity index (χ2v) is 14.3. The molecule has 2 aromatic carbocycles. The molecule has 0 bridgehead atoms. The second-order valence-electron chi connectivity index (χ2n) is 14.3. The Morgan fingerprint density at radius 2 is 1.42 bits per heavy atom. The van der Waals surface area contributed by atoms with Gasteiger partial charge in [-0.15, -0.1) is 0 Å². The van der Waals surface area contributed by atoms with E-state index in [9.17, 15) is 34.2 Å². The number of nitrogens with two attached hydrogens (primary N) is 3. The largest absolute Gasteiger partial charge is 0.394 e. The number of aromatic nitrogens is 3. The Hall–Kier alpha value is -5.53. The first-order valence-electron chi connectivity index (χ1n) is 20.5. The number of amides is 4. The normalized spacial score (nSPS) is 13.1. The molecule has 13 N–H and O–H groups in total. The lowest BCUT2D eigenvalue weighted by Gasteiger charge is -2.25. The van der Waals surface area contributed by atoms with Gasteiger partial charge in [-0.05, 0) is 69.4 Å². The second kappa shape index (κ2) is 25.8. The number of pyridine rings is 1. The number of hydrogen-bond acceptors (Lipinski definition) is 13. The Kier molecular flexibility index (Phi) is 21.0. The van der Waals surface area contributed by atoms with Gasteiger partial charge in [0.2, 0.25) is 23.6 Å². The summed E-state index contributed by atoms with van der Waals surface area (Å²) in [5, 5.41) is 33.6. The van der Waals surface area contributed by atoms with Crippen LogP contribution in [0.2, 0.25) is 0 Å². The van der Waals surface area contributed by atoms with Crippen LogP contribution in [-0.2, 0) is 43.5 Å². The van der Waals surface area contributed by atoms with Crippen LogP contribution in [0.4, 0.5) is 5.82 Å². The Bertz CT molecular complexity index is 1990. The van der Waals surface area contributed by atoms with Gasteiger partial charge in [-0.2, -0.15) is 0 Å². The zero-order valence-corrected chi connectivity index (χ0v) is 34.9. The molecule has 4 aromatic rings. The average Bonchev–Trinajstić information content (AvgIpc) is 3.62. The summed E-state index contributed by atoms with van der Waals surface area (Å²) in [5.41, 5.74) is 21.2. The molecule has 60 heavy (non-hydrogen) atoms. The zero-order chi connectivity index (χ0) is 44.0. The number of nitrogen functional groups attached to an aromatic ring is 1. The number of anilines is 1. The summed E-state index contributed by atoms with van der Waals surface area (Å²) in [6, 6.07) is 11.5. The minimum Gasteiger partial charge on any atom is -0.394 e. The maximum atomic E-state index is 13.2. The van der Waals surface area contributed by atoms with Crippen LogP contribution in [-0.4, -0.2) is 112 Å². The van der Waals surface area contributed by atoms with Crippen molar-refractivity contribution in [1.29, 1.82) is 0 Å². The van der Waals surface area contributed by atoms with Crippen LogP contribution in [0.3, 0.4) is 0 Å². The number of hydrogen-bond donors (Lipinski definition) is 10. The summed E-state index contributed by atoms with van der Waals surface area (Å²) < 4.78 is 2.22. The molecule has 328 valence electrons. The Labute approximate surface area is 350 Å². The lowest BCUT2D eigenvalue weighted by atomic mass is 10.1. The number of fused-ring (bicyclic) bond motifs is 3. The summed E-state index contributed by atoms with van der Waals surface area (Å²) in [6.07, 6.45) is 5.71. The fourth-order valence-corrected chi connectivity index (χ4v) is 6.36. The highest BCUT2D eigenvalue weighted by Gasteiger charge is 2.30. The molecule has 4 amide bonds. The fourth-order valence-electron chi connectivity index (χ4n) is 6.36. The van der Waals surface area contributed by atoms with Crippen LogP contribution >= 0.6 is 0 Å². The Morgan fingerprint density at radius 3 is 2.02 bits per heavy atom. The van der Waals surface area contributed by atoms with Gasteiger partial charge in [-0.25, -0.2) is 9.97 Å². The number of nitrogens with one attached hydrogen (secondary N) is 5. The maximum Gasteiger partial charge on any atom is 0.245 e. The van der Waals surface area contributed by atoms with Crippen LogP contribution in [0.1, 0.15) is 75.7 Å². The van der Waals surface area contributed by atoms with Gasteiger partial charge in [-0.3, -0.25) is 19.2 Å². The molecule has 4 unspecified atom stereocenters. The van der Waals surface area contributed by atoms with E-state index in [0.717, 1.165) is 58.9 Å². The van der Waals surface area contributed by atoms with E-state index < -0.39 is 61.0 Å². The molecule has 0 aliphatic carbocycles. The van der Waals surface area contributed by atoms with E-state index in [-0.39, 0.29) is 19.4 Å². The Morgan fingerprint density at radius 1 is 0.783 bits per heavy atom. The first-order chi connectivity index (χ1) is 29.0. The minimum atomic E-state index is -1.38. The first kappa shape index (κ1) is 48.8. The number of nitrogens with zero attached hydrogens (tertiary/aromatic N) is 3. The first-order valence-corrected chi connectivity index (χ1v) is 20.5. The van der Waals surface area contributed by atoms with Crippen LogP contribution in [0, 0.1) is 0 Å². The summed E-state index contributed by atoms with van der Waals surface area (Å²) in [4.78, 5) is 70.9. The standard InChI is InChI=1S/C39H56N10O6.C3H7NO/c1-4-6-14-32-48-33-34(26-11-7-8-12-28(26)44-35(33)41)49(32)21-25-17-15-24(16-18-25)20-43-36(52)27(5-2)45-39(55)31(23-51)47-37(53)29(13-9-10-19-40)46-38(54)30(22-50)42-3;4-2-1-3-5/h7-8,11-12,15-18,27,29-31,42,50-51H,4-6,9-10,13-14,19-23,40H2,1-3H3,(H2,41,44)(H,43,52)(H,45,55)(H,46,54)(H,47,53);3H,1-2,4H2. The van der Waals surface area contributed by atoms with Gasteiger partial charge in [0.1, 0.15) is 41.8 Å². The van der Waals surface area contributed by atoms with Crippen molar-refractivity contribution >= 4 is 57.7 Å². The molecule has 2 heterocycles. The van der Waals surface area contributed by atoms with Gasteiger partial charge >= 0.3 is 0 Å². The number of likely N-dealkylation sites (N-methyl/N-ethyl adjacent to an activating group) is 1. The van der Waals surface area contributed by atoms with E-state index in [2.05, 4.69) is 43.1 Å². The number of aldehydes is 1. The summed E-state index contributed by atoms with van der Waals surface area (Å²) in [5.74, 6) is -1.13. The van der Waals surface area contributed by atoms with Crippen LogP contribution in [0.25, 0.3) is 21.9 Å². The van der Waals surface area contributed by atoms with Gasteiger partial charge in [-0.1, -0.05) is 62.7 Å². The zero-order valence-electron chi connectivity index (χ0n) is 34.9. The highest BCUT2D eigenvalue weighted by molar-refractivity contribution is 6.06. The fraction of sp³-hybridized carbons (Fsp3) is 0.500. The summed E-state index contributed by atoms with van der Waals surface area (Å²) in [7, 11) is 1.50. The molecule has 0 spiro atoms. The number of carbonyl (C=O) groups excluding carboxylic acids is 5. The summed E-state index contributed by atoms with van der Waals surface area (Å²) in [6.45, 7) is 4.30. The molecule has 18 heteroatoms. The number of unbranched alkanes of at least 4 members (excludes halogenated alkanes) is 2. The van der Waals surface area contributed by atoms with Crippen molar-refractivity contribution in [2.45, 2.75) is 102 Å². The third kappa shape index (κ3) is 14.0. The van der Waals surface area contributed by atoms with Crippen molar-refractivity contribution in [1.82, 2.24) is 41.1 Å². The lowest BCUT2D eigenvalue weighted by Crippen LogP contribution is -2.59. The Balaban J connectivity index is 0.00000181. The number of aliphatic hydroxyl groups excluding tert-OH is 2. The molecule has 4 atom stereocenters. The predicted molar refractivity (Wildman–Crippen MR) is 231 cm³/mol. The van der Waals surface area contributed by atoms with Gasteiger partial charge in [0.25, 0.3) is 0 Å². The quantitative estimate of drug-likeness (QED) is 0.0336. The van der Waals surface area contributed by atoms with Crippen LogP contribution in [0.5, 0.6) is 0 Å². The molecule has 0 fully saturated rings. The molecule has 0 saturated heterocycles. The van der Waals surface area contributed by atoms with Crippen LogP contribution in [0.15, 0.2) is 48.5 Å². The smallest absolute Gasteiger partial charge is 0.245 e. The third-order valence-corrected chi connectivity index (χ3v) is 9.84. The van der Waals surface area contributed by atoms with Crippen molar-refractivity contribution in [3.8, 4) is 0 Å². The van der Waals surface area contributed by atoms with Gasteiger partial charge in [0.05, 0.1) is 24.2 Å². The van der Waals surface area contributed by atoms with Gasteiger partial charge < -0.3 is 63.4 Å². The lowest BCUT2D eigenvalue weighted by molar-refractivity contribution is -0.135. The van der Waals surface area contributed by atoms with E-state index >= 15 is 0 Å². The third-order valence-electron chi connectivity index (χ3n) is 9.84. The van der Waals surface area contributed by atoms with Crippen molar-refractivity contribution < 1.29 is 34.2 Å². The van der Waals surface area contributed by atoms with Gasteiger partial charge in [0.15, 0.2) is 5.82 Å². The maximum absolute atomic E-state index is 13.2. The van der Waals surface area contributed by atoms with E-state index in [0.29, 0.717) is 50.2 Å². The molecule has 0 aliphatic heterocycles. The number of aliphatic hydroxyl groups is 2. The highest BCUT2D eigenvalue weighted by Crippen LogP contribution is 2.30. The van der Waals surface area contributed by atoms with E-state index in [4.69, 9.17) is 22.2 Å². The average molecular weight is 834 g/mol. The van der Waals surface area contributed by atoms with Gasteiger partial charge in [0, 0.05) is 31.3 Å². The molecule has 4 rings (SSSR count). The van der Waals surface area contributed by atoms with E-state index in [1.807, 2.05) is 48.5 Å². The molecule has 0 radical (unpaired) electrons. The predicted octanol–water partition coefficient (Wildman–Crippen LogP) is 0.274. The molecule has 2 aromatic heterocycles. The monoisotopic (exact) mass is 833 g/mol. The number of carbonyl (C=O) groups is 5. The van der Waals surface area contributed by atoms with Crippen molar-refractivity contribution in [2.75, 3.05) is 39.1 Å². The summed E-state index contributed by atoms with van der Waals surface area (Å²) >= 11 is 0. The molecule has 0 saturated carbocycles. The molecule has 18 nitrogen and oxygen atoms in total. The molecular formula is C42H63N11O7. The van der Waals surface area contributed by atoms with E-state index in [1.165, 1.54) is 7.05 Å². The molecule has 0 aliphatic rings. The number of rotatable bonds is 24. The number of aryl methyl sites for hydroxylation is 1.